The third-order valence-corrected chi connectivity index (χ3v) is 3.32. The number of aliphatic imine (C=N–C) groups is 1. The Kier molecular flexibility index (Phi) is 8.48. The quantitative estimate of drug-likeness (QED) is 0.406. The lowest BCUT2D eigenvalue weighted by Gasteiger charge is -2.14. The Morgan fingerprint density at radius 2 is 1.83 bits per heavy atom. The van der Waals surface area contributed by atoms with Crippen molar-refractivity contribution in [1.82, 2.24) is 0 Å². The van der Waals surface area contributed by atoms with Crippen LogP contribution in [0, 0.1) is 5.82 Å². The molecule has 2 rings (SSSR count). The van der Waals surface area contributed by atoms with Gasteiger partial charge in [-0.15, -0.1) is 24.0 Å². The zero-order valence-electron chi connectivity index (χ0n) is 13.5. The number of halogens is 2. The van der Waals surface area contributed by atoms with E-state index in [9.17, 15) is 4.39 Å². The molecule has 0 fully saturated rings. The van der Waals surface area contributed by atoms with Crippen LogP contribution in [0.4, 0.5) is 10.1 Å². The summed E-state index contributed by atoms with van der Waals surface area (Å²) in [6.45, 7) is 0.316. The van der Waals surface area contributed by atoms with Gasteiger partial charge in [-0.25, -0.2) is 4.39 Å². The fraction of sp³-hybridized carbons (Fsp3) is 0.235. The van der Waals surface area contributed by atoms with E-state index in [2.05, 4.69) is 10.3 Å². The van der Waals surface area contributed by atoms with Gasteiger partial charge in [-0.2, -0.15) is 0 Å². The molecule has 0 saturated carbocycles. The Balaban J connectivity index is 0.00000288. The number of benzene rings is 2. The number of nitrogens with one attached hydrogen (secondary N) is 1. The molecular formula is C17H21FIN3O2. The number of guanidine groups is 1. The number of para-hydroxylation sites is 2. The molecule has 5 nitrogen and oxygen atoms in total. The molecule has 1 atom stereocenters. The first kappa shape index (κ1) is 20.2. The first-order valence-corrected chi connectivity index (χ1v) is 7.12. The van der Waals surface area contributed by atoms with Crippen LogP contribution in [0.5, 0.6) is 5.75 Å². The highest BCUT2D eigenvalue weighted by Crippen LogP contribution is 2.23. The van der Waals surface area contributed by atoms with E-state index in [1.807, 2.05) is 24.3 Å². The van der Waals surface area contributed by atoms with Gasteiger partial charge in [-0.05, 0) is 29.8 Å². The van der Waals surface area contributed by atoms with Crippen molar-refractivity contribution in [3.8, 4) is 5.75 Å². The van der Waals surface area contributed by atoms with Crippen molar-refractivity contribution < 1.29 is 13.9 Å². The van der Waals surface area contributed by atoms with Crippen LogP contribution in [0.3, 0.4) is 0 Å². The molecule has 0 amide bonds. The minimum atomic E-state index is -0.298. The van der Waals surface area contributed by atoms with Crippen LogP contribution in [0.25, 0.3) is 0 Å². The molecule has 0 aliphatic rings. The molecule has 0 aliphatic heterocycles. The summed E-state index contributed by atoms with van der Waals surface area (Å²) in [5.74, 6) is 0.635. The second-order valence-corrected chi connectivity index (χ2v) is 4.83. The monoisotopic (exact) mass is 445 g/mol. The van der Waals surface area contributed by atoms with E-state index >= 15 is 0 Å². The maximum absolute atomic E-state index is 13.0. The molecule has 0 aromatic heterocycles. The average Bonchev–Trinajstić information content (AvgIpc) is 2.57. The summed E-state index contributed by atoms with van der Waals surface area (Å²) in [4.78, 5) is 4.27. The number of hydrogen-bond donors (Lipinski definition) is 2. The smallest absolute Gasteiger partial charge is 0.193 e. The summed E-state index contributed by atoms with van der Waals surface area (Å²) in [6.07, 6.45) is -0.298. The van der Waals surface area contributed by atoms with E-state index < -0.39 is 0 Å². The number of nitrogens with zero attached hydrogens (tertiary/aromatic N) is 1. The molecule has 0 radical (unpaired) electrons. The van der Waals surface area contributed by atoms with Crippen LogP contribution in [-0.4, -0.2) is 26.7 Å². The van der Waals surface area contributed by atoms with Gasteiger partial charge in [-0.1, -0.05) is 24.3 Å². The van der Waals surface area contributed by atoms with E-state index in [4.69, 9.17) is 15.2 Å². The Morgan fingerprint density at radius 1 is 1.17 bits per heavy atom. The number of ether oxygens (including phenoxy) is 2. The summed E-state index contributed by atoms with van der Waals surface area (Å²) in [5.41, 5.74) is 7.47. The standard InChI is InChI=1S/C17H20FN3O2.HI/c1-22-15-6-4-3-5-14(15)21-17(19)20-11-16(23-2)12-7-9-13(18)10-8-12;/h3-10,16H,11H2,1-2H3,(H3,19,20,21);1H. The van der Waals surface area contributed by atoms with Gasteiger partial charge >= 0.3 is 0 Å². The van der Waals surface area contributed by atoms with Gasteiger partial charge in [0.2, 0.25) is 0 Å². The van der Waals surface area contributed by atoms with Gasteiger partial charge in [0.25, 0.3) is 0 Å². The molecule has 2 aromatic rings. The van der Waals surface area contributed by atoms with Crippen molar-refractivity contribution in [2.24, 2.45) is 10.7 Å². The van der Waals surface area contributed by atoms with Crippen LogP contribution >= 0.6 is 24.0 Å². The normalized spacial score (nSPS) is 12.2. The van der Waals surface area contributed by atoms with Gasteiger partial charge in [0.15, 0.2) is 5.96 Å². The number of methoxy groups -OCH3 is 2. The Hall–Kier alpha value is -1.87. The van der Waals surface area contributed by atoms with E-state index in [-0.39, 0.29) is 41.9 Å². The maximum Gasteiger partial charge on any atom is 0.193 e. The Bertz CT molecular complexity index is 665. The zero-order chi connectivity index (χ0) is 16.7. The van der Waals surface area contributed by atoms with Gasteiger partial charge < -0.3 is 20.5 Å². The molecule has 0 bridgehead atoms. The first-order chi connectivity index (χ1) is 11.1. The van der Waals surface area contributed by atoms with Crippen molar-refractivity contribution in [3.63, 3.8) is 0 Å². The Morgan fingerprint density at radius 3 is 2.46 bits per heavy atom. The molecular weight excluding hydrogens is 424 g/mol. The fourth-order valence-electron chi connectivity index (χ4n) is 2.10. The van der Waals surface area contributed by atoms with Gasteiger partial charge in [0.05, 0.1) is 19.3 Å². The van der Waals surface area contributed by atoms with Crippen molar-refractivity contribution in [1.29, 1.82) is 0 Å². The molecule has 0 saturated heterocycles. The van der Waals surface area contributed by atoms with E-state index in [1.54, 1.807) is 26.4 Å². The van der Waals surface area contributed by atoms with E-state index in [1.165, 1.54) is 12.1 Å². The molecule has 130 valence electrons. The highest BCUT2D eigenvalue weighted by Gasteiger charge is 2.10. The van der Waals surface area contributed by atoms with Crippen molar-refractivity contribution in [2.45, 2.75) is 6.10 Å². The topological polar surface area (TPSA) is 68.9 Å². The van der Waals surface area contributed by atoms with Crippen molar-refractivity contribution in [3.05, 3.63) is 59.9 Å². The minimum Gasteiger partial charge on any atom is -0.495 e. The second-order valence-electron chi connectivity index (χ2n) is 4.83. The predicted molar refractivity (Wildman–Crippen MR) is 105 cm³/mol. The summed E-state index contributed by atoms with van der Waals surface area (Å²) < 4.78 is 23.6. The summed E-state index contributed by atoms with van der Waals surface area (Å²) in [6, 6.07) is 13.5. The van der Waals surface area contributed by atoms with Gasteiger partial charge in [-0.3, -0.25) is 4.99 Å². The van der Waals surface area contributed by atoms with Crippen LogP contribution in [0.2, 0.25) is 0 Å². The van der Waals surface area contributed by atoms with Crippen LogP contribution in [-0.2, 0) is 4.74 Å². The first-order valence-electron chi connectivity index (χ1n) is 7.12. The number of hydrogen-bond acceptors (Lipinski definition) is 3. The Labute approximate surface area is 158 Å². The van der Waals surface area contributed by atoms with Crippen LogP contribution in [0.15, 0.2) is 53.5 Å². The molecule has 7 heteroatoms. The highest BCUT2D eigenvalue weighted by atomic mass is 127. The number of anilines is 1. The lowest BCUT2D eigenvalue weighted by molar-refractivity contribution is 0.111. The lowest BCUT2D eigenvalue weighted by atomic mass is 10.1. The summed E-state index contributed by atoms with van der Waals surface area (Å²) >= 11 is 0. The van der Waals surface area contributed by atoms with Crippen molar-refractivity contribution in [2.75, 3.05) is 26.1 Å². The van der Waals surface area contributed by atoms with Crippen LogP contribution < -0.4 is 15.8 Å². The van der Waals surface area contributed by atoms with Crippen molar-refractivity contribution >= 4 is 35.6 Å². The van der Waals surface area contributed by atoms with E-state index in [0.29, 0.717) is 12.3 Å². The fourth-order valence-corrected chi connectivity index (χ4v) is 2.10. The molecule has 24 heavy (non-hydrogen) atoms. The molecule has 1 unspecified atom stereocenters. The molecule has 0 aliphatic carbocycles. The number of nitrogens with two attached hydrogens (primary N) is 1. The largest absolute Gasteiger partial charge is 0.495 e. The third kappa shape index (κ3) is 5.64. The molecule has 0 heterocycles. The summed E-state index contributed by atoms with van der Waals surface area (Å²) in [5, 5.41) is 2.99. The molecule has 2 aromatic carbocycles. The lowest BCUT2D eigenvalue weighted by Crippen LogP contribution is -2.24. The summed E-state index contributed by atoms with van der Waals surface area (Å²) in [7, 11) is 3.16. The second kappa shape index (κ2) is 10.1. The average molecular weight is 445 g/mol. The third-order valence-electron chi connectivity index (χ3n) is 3.32. The van der Waals surface area contributed by atoms with E-state index in [0.717, 1.165) is 11.3 Å². The number of rotatable bonds is 6. The maximum atomic E-state index is 13.0. The van der Waals surface area contributed by atoms with Crippen LogP contribution in [0.1, 0.15) is 11.7 Å². The SMILES string of the molecule is COc1ccccc1NC(N)=NCC(OC)c1ccc(F)cc1.I. The molecule has 0 spiro atoms. The highest BCUT2D eigenvalue weighted by molar-refractivity contribution is 14.0. The zero-order valence-corrected chi connectivity index (χ0v) is 15.9. The van der Waals surface area contributed by atoms with Gasteiger partial charge in [0, 0.05) is 7.11 Å². The molecule has 3 N–H and O–H groups in total. The minimum absolute atomic E-state index is 0. The predicted octanol–water partition coefficient (Wildman–Crippen LogP) is 3.57. The van der Waals surface area contributed by atoms with Gasteiger partial charge in [0.1, 0.15) is 17.7 Å².